The van der Waals surface area contributed by atoms with E-state index in [1.54, 1.807) is 6.92 Å². The van der Waals surface area contributed by atoms with E-state index in [1.807, 2.05) is 0 Å². The summed E-state index contributed by atoms with van der Waals surface area (Å²) < 4.78 is 84.0. The van der Waals surface area contributed by atoms with Gasteiger partial charge in [-0.05, 0) is 55.0 Å². The van der Waals surface area contributed by atoms with E-state index < -0.39 is 37.4 Å². The molecule has 0 spiro atoms. The number of benzene rings is 2. The summed E-state index contributed by atoms with van der Waals surface area (Å²) in [5.74, 6) is -2.19. The second-order valence-corrected chi connectivity index (χ2v) is 14.8. The fourth-order valence-electron chi connectivity index (χ4n) is 3.90. The molecule has 15 heteroatoms. The molecule has 0 saturated heterocycles. The summed E-state index contributed by atoms with van der Waals surface area (Å²) in [4.78, 5) is 17.9. The first-order valence-corrected chi connectivity index (χ1v) is 16.9. The van der Waals surface area contributed by atoms with Gasteiger partial charge in [0.05, 0.1) is 33.7 Å². The van der Waals surface area contributed by atoms with Crippen LogP contribution < -0.4 is 14.8 Å². The van der Waals surface area contributed by atoms with Crippen molar-refractivity contribution >= 4 is 60.1 Å². The zero-order chi connectivity index (χ0) is 30.8. The maximum atomic E-state index is 14.2. The highest BCUT2D eigenvalue weighted by molar-refractivity contribution is 7.92. The molecular formula is C27H24ClF2N3O6S3. The van der Waals surface area contributed by atoms with Crippen molar-refractivity contribution in [2.45, 2.75) is 25.3 Å². The Kier molecular flexibility index (Phi) is 9.21. The van der Waals surface area contributed by atoms with E-state index >= 15 is 0 Å². The van der Waals surface area contributed by atoms with Gasteiger partial charge in [-0.15, -0.1) is 11.3 Å². The maximum Gasteiger partial charge on any atom is 0.265 e. The van der Waals surface area contributed by atoms with Crippen LogP contribution in [-0.4, -0.2) is 39.7 Å². The number of halogens is 3. The Balaban J connectivity index is 1.59. The number of hydrogen-bond acceptors (Lipinski definition) is 8. The van der Waals surface area contributed by atoms with Gasteiger partial charge in [0.1, 0.15) is 29.7 Å². The molecule has 0 fully saturated rings. The standard InChI is InChI=1S/C27H24ClF2N3O6S3/c1-4-42(37,38)22-6-16(5-18(29)9-22)14-39-24-10-19(30)13-31-26(24)23-12-25(40-15(23)2)27(34)32-20-7-17(28)8-21(11-20)33-41(3,35)36/h5-13,33H,4,14H2,1-3H3,(H,32,34). The van der Waals surface area contributed by atoms with Crippen molar-refractivity contribution in [1.82, 2.24) is 4.98 Å². The number of pyridine rings is 1. The Morgan fingerprint density at radius 3 is 2.40 bits per heavy atom. The van der Waals surface area contributed by atoms with E-state index in [-0.39, 0.29) is 55.5 Å². The smallest absolute Gasteiger partial charge is 0.265 e. The number of amides is 1. The SMILES string of the molecule is CCS(=O)(=O)c1cc(F)cc(COc2cc(F)cnc2-c2cc(C(=O)Nc3cc(Cl)cc(NS(C)(=O)=O)c3)sc2C)c1. The highest BCUT2D eigenvalue weighted by Crippen LogP contribution is 2.36. The molecule has 0 atom stereocenters. The molecule has 0 saturated carbocycles. The van der Waals surface area contributed by atoms with Crippen LogP contribution in [0.15, 0.2) is 59.6 Å². The number of nitrogens with zero attached hydrogens (tertiary/aromatic N) is 1. The second-order valence-electron chi connectivity index (χ2n) is 9.13. The number of aromatic nitrogens is 1. The Bertz CT molecular complexity index is 1900. The van der Waals surface area contributed by atoms with Crippen molar-refractivity contribution < 1.29 is 35.1 Å². The first-order chi connectivity index (χ1) is 19.6. The van der Waals surface area contributed by atoms with Crippen LogP contribution in [0, 0.1) is 18.6 Å². The van der Waals surface area contributed by atoms with Crippen molar-refractivity contribution in [3.63, 3.8) is 0 Å². The molecule has 0 aliphatic heterocycles. The predicted molar refractivity (Wildman–Crippen MR) is 159 cm³/mol. The van der Waals surface area contributed by atoms with E-state index in [4.69, 9.17) is 16.3 Å². The Hall–Kier alpha value is -3.59. The number of thiophene rings is 1. The lowest BCUT2D eigenvalue weighted by Crippen LogP contribution is -2.12. The van der Waals surface area contributed by atoms with Gasteiger partial charge in [0, 0.05) is 27.2 Å². The van der Waals surface area contributed by atoms with Crippen molar-refractivity contribution in [3.8, 4) is 17.0 Å². The van der Waals surface area contributed by atoms with Crippen LogP contribution in [0.4, 0.5) is 20.2 Å². The number of rotatable bonds is 10. The van der Waals surface area contributed by atoms with Gasteiger partial charge in [0.2, 0.25) is 10.0 Å². The summed E-state index contributed by atoms with van der Waals surface area (Å²) in [6, 6.07) is 10.2. The van der Waals surface area contributed by atoms with Gasteiger partial charge in [-0.1, -0.05) is 18.5 Å². The molecule has 0 bridgehead atoms. The summed E-state index contributed by atoms with van der Waals surface area (Å²) in [6.07, 6.45) is 1.96. The van der Waals surface area contributed by atoms with Crippen LogP contribution in [0.1, 0.15) is 27.0 Å². The lowest BCUT2D eigenvalue weighted by Gasteiger charge is -2.12. The molecule has 2 heterocycles. The first kappa shape index (κ1) is 31.3. The number of ether oxygens (including phenoxy) is 1. The summed E-state index contributed by atoms with van der Waals surface area (Å²) in [5, 5.41) is 2.86. The molecular weight excluding hydrogens is 632 g/mol. The minimum absolute atomic E-state index is 0.00153. The van der Waals surface area contributed by atoms with Crippen molar-refractivity contribution in [2.75, 3.05) is 22.0 Å². The molecule has 42 heavy (non-hydrogen) atoms. The molecule has 0 radical (unpaired) electrons. The van der Waals surface area contributed by atoms with E-state index in [9.17, 15) is 30.4 Å². The van der Waals surface area contributed by atoms with Gasteiger partial charge < -0.3 is 10.1 Å². The van der Waals surface area contributed by atoms with E-state index in [1.165, 1.54) is 37.3 Å². The zero-order valence-corrected chi connectivity index (χ0v) is 25.6. The molecule has 1 amide bonds. The molecule has 0 aliphatic carbocycles. The monoisotopic (exact) mass is 655 g/mol. The normalized spacial score (nSPS) is 11.8. The molecule has 2 N–H and O–H groups in total. The Morgan fingerprint density at radius 1 is 1.00 bits per heavy atom. The van der Waals surface area contributed by atoms with E-state index in [0.717, 1.165) is 42.0 Å². The first-order valence-electron chi connectivity index (χ1n) is 12.1. The predicted octanol–water partition coefficient (Wildman–Crippen LogP) is 6.05. The molecule has 2 aromatic carbocycles. The topological polar surface area (TPSA) is 132 Å². The third kappa shape index (κ3) is 7.82. The number of sulfonamides is 1. The number of carbonyl (C=O) groups excluding carboxylic acids is 1. The van der Waals surface area contributed by atoms with Crippen LogP contribution in [-0.2, 0) is 26.5 Å². The van der Waals surface area contributed by atoms with Crippen LogP contribution >= 0.6 is 22.9 Å². The maximum absolute atomic E-state index is 14.2. The minimum Gasteiger partial charge on any atom is -0.487 e. The summed E-state index contributed by atoms with van der Waals surface area (Å²) >= 11 is 7.21. The molecule has 4 aromatic rings. The van der Waals surface area contributed by atoms with Crippen LogP contribution in [0.3, 0.4) is 0 Å². The summed E-state index contributed by atoms with van der Waals surface area (Å²) in [6.45, 7) is 2.90. The number of nitrogens with one attached hydrogen (secondary N) is 2. The fourth-order valence-corrected chi connectivity index (χ4v) is 6.55. The third-order valence-electron chi connectivity index (χ3n) is 5.74. The average Bonchev–Trinajstić information content (AvgIpc) is 3.27. The fraction of sp³-hybridized carbons (Fsp3) is 0.185. The van der Waals surface area contributed by atoms with Gasteiger partial charge in [0.15, 0.2) is 9.84 Å². The molecule has 0 unspecified atom stereocenters. The summed E-state index contributed by atoms with van der Waals surface area (Å²) in [7, 11) is -7.25. The van der Waals surface area contributed by atoms with E-state index in [0.29, 0.717) is 10.4 Å². The van der Waals surface area contributed by atoms with Crippen molar-refractivity contribution in [2.24, 2.45) is 0 Å². The summed E-state index contributed by atoms with van der Waals surface area (Å²) in [5.41, 5.74) is 1.31. The van der Waals surface area contributed by atoms with Crippen molar-refractivity contribution in [1.29, 1.82) is 0 Å². The quantitative estimate of drug-likeness (QED) is 0.213. The molecule has 4 rings (SSSR count). The average molecular weight is 656 g/mol. The number of hydrogen-bond donors (Lipinski definition) is 2. The molecule has 0 aliphatic rings. The second kappa shape index (κ2) is 12.3. The van der Waals surface area contributed by atoms with Crippen LogP contribution in [0.25, 0.3) is 11.3 Å². The largest absolute Gasteiger partial charge is 0.487 e. The van der Waals surface area contributed by atoms with Gasteiger partial charge in [0.25, 0.3) is 5.91 Å². The Morgan fingerprint density at radius 2 is 1.71 bits per heavy atom. The highest BCUT2D eigenvalue weighted by atomic mass is 35.5. The van der Waals surface area contributed by atoms with Crippen LogP contribution in [0.2, 0.25) is 5.02 Å². The van der Waals surface area contributed by atoms with Gasteiger partial charge in [-0.25, -0.2) is 30.6 Å². The van der Waals surface area contributed by atoms with Crippen LogP contribution in [0.5, 0.6) is 5.75 Å². The number of sulfone groups is 1. The van der Waals surface area contributed by atoms with Gasteiger partial charge >= 0.3 is 0 Å². The Labute approximate surface area is 250 Å². The van der Waals surface area contributed by atoms with Gasteiger partial charge in [-0.3, -0.25) is 9.52 Å². The third-order valence-corrected chi connectivity index (χ3v) is 9.33. The van der Waals surface area contributed by atoms with E-state index in [2.05, 4.69) is 15.0 Å². The minimum atomic E-state index is -3.67. The molecule has 9 nitrogen and oxygen atoms in total. The number of anilines is 2. The number of aryl methyl sites for hydroxylation is 1. The molecule has 222 valence electrons. The van der Waals surface area contributed by atoms with Crippen molar-refractivity contribution in [3.05, 3.63) is 86.7 Å². The van der Waals surface area contributed by atoms with Gasteiger partial charge in [-0.2, -0.15) is 0 Å². The lowest BCUT2D eigenvalue weighted by molar-refractivity contribution is 0.103. The highest BCUT2D eigenvalue weighted by Gasteiger charge is 2.20. The lowest BCUT2D eigenvalue weighted by atomic mass is 10.1. The molecule has 2 aromatic heterocycles. The zero-order valence-electron chi connectivity index (χ0n) is 22.4. The number of carbonyl (C=O) groups is 1.